The molecule has 0 aliphatic heterocycles. The first kappa shape index (κ1) is 38.2. The van der Waals surface area contributed by atoms with Gasteiger partial charge in [-0.25, -0.2) is 13.1 Å². The summed E-state index contributed by atoms with van der Waals surface area (Å²) in [6, 6.07) is 14.3. The lowest BCUT2D eigenvalue weighted by Crippen LogP contribution is -2.61. The number of carbonyl (C=O) groups excluding carboxylic acids is 3. The minimum atomic E-state index is -3.94. The molecule has 11 heteroatoms. The third-order valence-corrected chi connectivity index (χ3v) is 9.70. The molecule has 0 aliphatic rings. The van der Waals surface area contributed by atoms with Gasteiger partial charge in [-0.05, 0) is 48.6 Å². The van der Waals surface area contributed by atoms with Crippen LogP contribution in [0.2, 0.25) is 0 Å². The number of likely N-dealkylation sites (N-methyl/N-ethyl adjacent to an activating group) is 2. The van der Waals surface area contributed by atoms with Crippen LogP contribution in [0.25, 0.3) is 0 Å². The summed E-state index contributed by atoms with van der Waals surface area (Å²) in [5.41, 5.74) is 0.421. The van der Waals surface area contributed by atoms with E-state index in [1.807, 2.05) is 72.7 Å². The quantitative estimate of drug-likeness (QED) is 0.254. The van der Waals surface area contributed by atoms with Gasteiger partial charge in [0.15, 0.2) is 0 Å². The monoisotopic (exact) mass is 704 g/mol. The largest absolute Gasteiger partial charge is 0.342 e. The smallest absolute Gasteiger partial charge is 0.260 e. The van der Waals surface area contributed by atoms with E-state index in [0.29, 0.717) is 5.56 Å². The van der Waals surface area contributed by atoms with Crippen LogP contribution >= 0.6 is 15.9 Å². The van der Waals surface area contributed by atoms with E-state index in [1.54, 1.807) is 50.5 Å². The predicted molar refractivity (Wildman–Crippen MR) is 184 cm³/mol. The number of rotatable bonds is 13. The van der Waals surface area contributed by atoms with E-state index in [9.17, 15) is 22.8 Å². The molecule has 0 radical (unpaired) electrons. The Bertz CT molecular complexity index is 1470. The Morgan fingerprint density at radius 2 is 1.49 bits per heavy atom. The molecule has 0 bridgehead atoms. The summed E-state index contributed by atoms with van der Waals surface area (Å²) in [6.45, 7) is 14.9. The van der Waals surface area contributed by atoms with Crippen molar-refractivity contribution < 1.29 is 22.8 Å². The average molecular weight is 706 g/mol. The number of nitrogens with zero attached hydrogens (tertiary/aromatic N) is 1. The Morgan fingerprint density at radius 3 is 1.98 bits per heavy atom. The highest BCUT2D eigenvalue weighted by Crippen LogP contribution is 2.30. The van der Waals surface area contributed by atoms with E-state index in [1.165, 1.54) is 11.8 Å². The number of benzene rings is 2. The lowest BCUT2D eigenvalue weighted by molar-refractivity contribution is -0.140. The molecule has 3 N–H and O–H groups in total. The van der Waals surface area contributed by atoms with Gasteiger partial charge in [-0.2, -0.15) is 0 Å². The van der Waals surface area contributed by atoms with Crippen molar-refractivity contribution in [3.8, 4) is 0 Å². The van der Waals surface area contributed by atoms with Crippen molar-refractivity contribution in [3.63, 3.8) is 0 Å². The van der Waals surface area contributed by atoms with Crippen molar-refractivity contribution >= 4 is 43.7 Å². The Balaban J connectivity index is 2.30. The summed E-state index contributed by atoms with van der Waals surface area (Å²) in [4.78, 5) is 42.4. The maximum atomic E-state index is 14.1. The maximum absolute atomic E-state index is 14.1. The lowest BCUT2D eigenvalue weighted by Gasteiger charge is -2.40. The molecule has 0 aromatic heterocycles. The molecule has 45 heavy (non-hydrogen) atoms. The highest BCUT2D eigenvalue weighted by atomic mass is 79.9. The molecular formula is C34H49BrN4O5S. The van der Waals surface area contributed by atoms with Crippen molar-refractivity contribution in [2.45, 2.75) is 84.7 Å². The van der Waals surface area contributed by atoms with Crippen molar-refractivity contribution in [2.75, 3.05) is 14.1 Å². The molecule has 2 rings (SSSR count). The molecule has 3 unspecified atom stereocenters. The van der Waals surface area contributed by atoms with Crippen LogP contribution in [0.3, 0.4) is 0 Å². The summed E-state index contributed by atoms with van der Waals surface area (Å²) in [5.74, 6) is -1.86. The SMILES string of the molecule is CNC(C(=O)NC(C(=O)N(C)C(C=C(C)C(=O)NS(=O)(=O)Cc1ccccc1)C(C)C)C(C)(C)C)C(C)(C)c1ccc(Br)cc1. The molecule has 248 valence electrons. The molecule has 0 saturated heterocycles. The molecule has 3 atom stereocenters. The van der Waals surface area contributed by atoms with E-state index in [2.05, 4.69) is 31.3 Å². The third-order valence-electron chi connectivity index (χ3n) is 7.96. The van der Waals surface area contributed by atoms with Gasteiger partial charge < -0.3 is 15.5 Å². The number of sulfonamides is 1. The van der Waals surface area contributed by atoms with Crippen LogP contribution in [-0.4, -0.2) is 63.3 Å². The highest BCUT2D eigenvalue weighted by molar-refractivity contribution is 9.10. The first-order chi connectivity index (χ1) is 20.7. The third kappa shape index (κ3) is 10.5. The van der Waals surface area contributed by atoms with Gasteiger partial charge in [0, 0.05) is 22.5 Å². The summed E-state index contributed by atoms with van der Waals surface area (Å²) in [5, 5.41) is 6.16. The summed E-state index contributed by atoms with van der Waals surface area (Å²) < 4.78 is 28.4. The van der Waals surface area contributed by atoms with E-state index in [4.69, 9.17) is 0 Å². The predicted octanol–water partition coefficient (Wildman–Crippen LogP) is 4.92. The van der Waals surface area contributed by atoms with Gasteiger partial charge in [-0.1, -0.05) is 113 Å². The molecule has 0 saturated carbocycles. The molecule has 0 fully saturated rings. The second-order valence-corrected chi connectivity index (χ2v) is 16.1. The van der Waals surface area contributed by atoms with Gasteiger partial charge in [0.2, 0.25) is 21.8 Å². The Morgan fingerprint density at radius 1 is 0.933 bits per heavy atom. The number of amides is 3. The van der Waals surface area contributed by atoms with Crippen molar-refractivity contribution in [1.82, 2.24) is 20.3 Å². The van der Waals surface area contributed by atoms with Crippen LogP contribution in [0.5, 0.6) is 0 Å². The second-order valence-electron chi connectivity index (χ2n) is 13.5. The number of halogens is 1. The fraction of sp³-hybridized carbons (Fsp3) is 0.500. The van der Waals surface area contributed by atoms with Gasteiger partial charge in [0.05, 0.1) is 17.8 Å². The normalized spacial score (nSPS) is 14.8. The number of carbonyl (C=O) groups is 3. The Hall–Kier alpha value is -3.02. The van der Waals surface area contributed by atoms with E-state index in [0.717, 1.165) is 10.0 Å². The van der Waals surface area contributed by atoms with Crippen molar-refractivity contribution in [2.24, 2.45) is 11.3 Å². The molecular weight excluding hydrogens is 656 g/mol. The van der Waals surface area contributed by atoms with Gasteiger partial charge in [-0.15, -0.1) is 0 Å². The first-order valence-corrected chi connectivity index (χ1v) is 17.4. The highest BCUT2D eigenvalue weighted by Gasteiger charge is 2.41. The minimum Gasteiger partial charge on any atom is -0.342 e. The second kappa shape index (κ2) is 15.5. The molecule has 0 aliphatic carbocycles. The van der Waals surface area contributed by atoms with Gasteiger partial charge in [0.25, 0.3) is 5.91 Å². The number of hydrogen-bond acceptors (Lipinski definition) is 6. The zero-order chi connectivity index (χ0) is 34.3. The van der Waals surface area contributed by atoms with Crippen LogP contribution < -0.4 is 15.4 Å². The molecule has 3 amide bonds. The van der Waals surface area contributed by atoms with E-state index in [-0.39, 0.29) is 29.1 Å². The first-order valence-electron chi connectivity index (χ1n) is 15.0. The topological polar surface area (TPSA) is 125 Å². The van der Waals surface area contributed by atoms with Crippen LogP contribution in [0, 0.1) is 11.3 Å². The van der Waals surface area contributed by atoms with Crippen molar-refractivity contribution in [3.05, 3.63) is 81.8 Å². The lowest BCUT2D eigenvalue weighted by atomic mass is 9.76. The fourth-order valence-corrected chi connectivity index (χ4v) is 6.64. The fourth-order valence-electron chi connectivity index (χ4n) is 5.23. The molecule has 0 heterocycles. The zero-order valence-electron chi connectivity index (χ0n) is 28.1. The Kier molecular flexibility index (Phi) is 13.2. The molecule has 2 aromatic carbocycles. The average Bonchev–Trinajstić information content (AvgIpc) is 2.93. The van der Waals surface area contributed by atoms with Gasteiger partial charge >= 0.3 is 0 Å². The van der Waals surface area contributed by atoms with Gasteiger partial charge in [0.1, 0.15) is 6.04 Å². The van der Waals surface area contributed by atoms with Crippen molar-refractivity contribution in [1.29, 1.82) is 0 Å². The Labute approximate surface area is 277 Å². The molecule has 0 spiro atoms. The minimum absolute atomic E-state index is 0.125. The van der Waals surface area contributed by atoms with Crippen LogP contribution in [0.4, 0.5) is 0 Å². The summed E-state index contributed by atoms with van der Waals surface area (Å²) in [6.07, 6.45) is 1.60. The summed E-state index contributed by atoms with van der Waals surface area (Å²) >= 11 is 3.46. The van der Waals surface area contributed by atoms with Crippen LogP contribution in [0.15, 0.2) is 70.7 Å². The number of nitrogens with one attached hydrogen (secondary N) is 3. The number of hydrogen-bond donors (Lipinski definition) is 3. The standard InChI is InChI=1S/C34H49BrN4O5S/c1-22(2)27(20-23(3)30(40)38-45(43,44)21-24-14-12-11-13-15-24)39(10)32(42)29(33(4,5)6)37-31(41)28(36-9)34(7,8)25-16-18-26(35)19-17-25/h11-20,22,27-29,36H,21H2,1-10H3,(H,37,41)(H,38,40). The van der Waals surface area contributed by atoms with Crippen LogP contribution in [0.1, 0.15) is 66.5 Å². The van der Waals surface area contributed by atoms with Gasteiger partial charge in [-0.3, -0.25) is 14.4 Å². The molecule has 9 nitrogen and oxygen atoms in total. The summed E-state index contributed by atoms with van der Waals surface area (Å²) in [7, 11) is -0.587. The van der Waals surface area contributed by atoms with E-state index < -0.39 is 44.9 Å². The molecule has 2 aromatic rings. The maximum Gasteiger partial charge on any atom is 0.260 e. The zero-order valence-corrected chi connectivity index (χ0v) is 30.5. The van der Waals surface area contributed by atoms with Crippen LogP contribution in [-0.2, 0) is 35.6 Å². The van der Waals surface area contributed by atoms with E-state index >= 15 is 0 Å².